The molecule has 6 heteroatoms. The Morgan fingerprint density at radius 3 is 2.76 bits per heavy atom. The quantitative estimate of drug-likeness (QED) is 0.480. The number of ether oxygens (including phenoxy) is 1. The van der Waals surface area contributed by atoms with Crippen LogP contribution in [0.3, 0.4) is 0 Å². The molecule has 1 aliphatic carbocycles. The number of hydrogen-bond acceptors (Lipinski definition) is 4. The van der Waals surface area contributed by atoms with Crippen LogP contribution < -0.4 is 4.74 Å². The highest BCUT2D eigenvalue weighted by Crippen LogP contribution is 2.31. The SMILES string of the molecule is O=C1CCc2c(OC(=O)c3nc(Cl)ccc3Cl)cccc21. The molecule has 0 saturated heterocycles. The molecule has 1 heterocycles. The fourth-order valence-electron chi connectivity index (χ4n) is 2.26. The van der Waals surface area contributed by atoms with Crippen LogP contribution in [0.2, 0.25) is 10.2 Å². The van der Waals surface area contributed by atoms with Crippen LogP contribution in [-0.4, -0.2) is 16.7 Å². The van der Waals surface area contributed by atoms with Gasteiger partial charge in [-0.2, -0.15) is 0 Å². The molecule has 0 spiro atoms. The molecule has 2 aromatic rings. The van der Waals surface area contributed by atoms with Crippen LogP contribution in [0.15, 0.2) is 30.3 Å². The summed E-state index contributed by atoms with van der Waals surface area (Å²) in [5, 5.41) is 0.313. The molecular weight excluding hydrogens is 313 g/mol. The van der Waals surface area contributed by atoms with Gasteiger partial charge in [-0.15, -0.1) is 0 Å². The van der Waals surface area contributed by atoms with Crippen molar-refractivity contribution in [1.82, 2.24) is 4.98 Å². The Labute approximate surface area is 130 Å². The molecule has 0 unspecified atom stereocenters. The third-order valence-electron chi connectivity index (χ3n) is 3.24. The molecule has 0 aliphatic heterocycles. The number of esters is 1. The fourth-order valence-corrected chi connectivity index (χ4v) is 2.59. The number of nitrogens with zero attached hydrogens (tertiary/aromatic N) is 1. The maximum atomic E-state index is 12.2. The Kier molecular flexibility index (Phi) is 3.66. The second kappa shape index (κ2) is 5.47. The van der Waals surface area contributed by atoms with Crippen molar-refractivity contribution in [2.24, 2.45) is 0 Å². The zero-order valence-corrected chi connectivity index (χ0v) is 12.2. The number of Topliss-reactive ketones (excluding diaryl/α,β-unsaturated/α-hetero) is 1. The van der Waals surface area contributed by atoms with Crippen molar-refractivity contribution >= 4 is 35.0 Å². The topological polar surface area (TPSA) is 56.3 Å². The average Bonchev–Trinajstić information content (AvgIpc) is 2.84. The Morgan fingerprint density at radius 1 is 1.14 bits per heavy atom. The van der Waals surface area contributed by atoms with Gasteiger partial charge < -0.3 is 4.74 Å². The van der Waals surface area contributed by atoms with Crippen molar-refractivity contribution in [2.45, 2.75) is 12.8 Å². The predicted molar refractivity (Wildman–Crippen MR) is 78.3 cm³/mol. The Morgan fingerprint density at radius 2 is 1.95 bits per heavy atom. The monoisotopic (exact) mass is 321 g/mol. The van der Waals surface area contributed by atoms with Gasteiger partial charge in [0, 0.05) is 17.5 Å². The van der Waals surface area contributed by atoms with Gasteiger partial charge in [-0.1, -0.05) is 35.3 Å². The summed E-state index contributed by atoms with van der Waals surface area (Å²) in [6.45, 7) is 0. The minimum absolute atomic E-state index is 0.0499. The van der Waals surface area contributed by atoms with Crippen LogP contribution >= 0.6 is 23.2 Å². The lowest BCUT2D eigenvalue weighted by molar-refractivity contribution is 0.0727. The summed E-state index contributed by atoms with van der Waals surface area (Å²) in [6, 6.07) is 8.02. The highest BCUT2D eigenvalue weighted by molar-refractivity contribution is 6.34. The minimum Gasteiger partial charge on any atom is -0.421 e. The molecule has 21 heavy (non-hydrogen) atoms. The zero-order chi connectivity index (χ0) is 15.0. The number of rotatable bonds is 2. The molecular formula is C15H9Cl2NO3. The molecule has 0 N–H and O–H groups in total. The van der Waals surface area contributed by atoms with Crippen molar-refractivity contribution < 1.29 is 14.3 Å². The highest BCUT2D eigenvalue weighted by Gasteiger charge is 2.24. The van der Waals surface area contributed by atoms with E-state index in [1.54, 1.807) is 18.2 Å². The molecule has 0 amide bonds. The lowest BCUT2D eigenvalue weighted by Crippen LogP contribution is -2.12. The molecule has 4 nitrogen and oxygen atoms in total. The first-order valence-electron chi connectivity index (χ1n) is 6.25. The number of ketones is 1. The molecule has 0 fully saturated rings. The number of pyridine rings is 1. The summed E-state index contributed by atoms with van der Waals surface area (Å²) in [5.74, 6) is -0.279. The van der Waals surface area contributed by atoms with E-state index in [2.05, 4.69) is 4.98 Å². The maximum absolute atomic E-state index is 12.2. The van der Waals surface area contributed by atoms with Gasteiger partial charge in [-0.3, -0.25) is 4.79 Å². The van der Waals surface area contributed by atoms with Crippen molar-refractivity contribution in [1.29, 1.82) is 0 Å². The summed E-state index contributed by atoms with van der Waals surface area (Å²) in [4.78, 5) is 27.7. The second-order valence-electron chi connectivity index (χ2n) is 4.56. The van der Waals surface area contributed by atoms with E-state index < -0.39 is 5.97 Å². The largest absolute Gasteiger partial charge is 0.421 e. The maximum Gasteiger partial charge on any atom is 0.363 e. The van der Waals surface area contributed by atoms with Gasteiger partial charge in [0.2, 0.25) is 0 Å². The minimum atomic E-state index is -0.699. The lowest BCUT2D eigenvalue weighted by atomic mass is 10.1. The summed E-state index contributed by atoms with van der Waals surface area (Å²) < 4.78 is 5.33. The van der Waals surface area contributed by atoms with E-state index in [0.717, 1.165) is 5.56 Å². The molecule has 0 bridgehead atoms. The average molecular weight is 322 g/mol. The van der Waals surface area contributed by atoms with Crippen molar-refractivity contribution in [3.63, 3.8) is 0 Å². The summed E-state index contributed by atoms with van der Waals surface area (Å²) >= 11 is 11.7. The third kappa shape index (κ3) is 2.64. The van der Waals surface area contributed by atoms with Crippen LogP contribution in [0, 0.1) is 0 Å². The lowest BCUT2D eigenvalue weighted by Gasteiger charge is -2.09. The summed E-state index contributed by atoms with van der Waals surface area (Å²) in [7, 11) is 0. The molecule has 3 rings (SSSR count). The normalized spacial score (nSPS) is 13.1. The van der Waals surface area contributed by atoms with Crippen LogP contribution in [0.4, 0.5) is 0 Å². The van der Waals surface area contributed by atoms with Gasteiger partial charge in [0.05, 0.1) is 5.02 Å². The number of hydrogen-bond donors (Lipinski definition) is 0. The zero-order valence-electron chi connectivity index (χ0n) is 10.7. The van der Waals surface area contributed by atoms with E-state index in [1.165, 1.54) is 12.1 Å². The van der Waals surface area contributed by atoms with Crippen molar-refractivity contribution in [3.8, 4) is 5.75 Å². The molecule has 1 aromatic carbocycles. The first-order chi connectivity index (χ1) is 10.1. The molecule has 106 valence electrons. The second-order valence-corrected chi connectivity index (χ2v) is 5.35. The smallest absolute Gasteiger partial charge is 0.363 e. The van der Waals surface area contributed by atoms with Gasteiger partial charge in [-0.25, -0.2) is 9.78 Å². The number of fused-ring (bicyclic) bond motifs is 1. The van der Waals surface area contributed by atoms with Crippen LogP contribution in [0.25, 0.3) is 0 Å². The van der Waals surface area contributed by atoms with Crippen molar-refractivity contribution in [3.05, 3.63) is 57.3 Å². The predicted octanol–water partition coefficient (Wildman–Crippen LogP) is 3.74. The number of carbonyl (C=O) groups excluding carboxylic acids is 2. The van der Waals surface area contributed by atoms with Gasteiger partial charge in [0.15, 0.2) is 11.5 Å². The Hall–Kier alpha value is -1.91. The number of benzene rings is 1. The molecule has 0 atom stereocenters. The van der Waals surface area contributed by atoms with E-state index in [4.69, 9.17) is 27.9 Å². The summed E-state index contributed by atoms with van der Waals surface area (Å²) in [6.07, 6.45) is 0.994. The number of aromatic nitrogens is 1. The van der Waals surface area contributed by atoms with Crippen LogP contribution in [0.5, 0.6) is 5.75 Å². The summed E-state index contributed by atoms with van der Waals surface area (Å²) in [5.41, 5.74) is 1.30. The molecule has 1 aromatic heterocycles. The third-order valence-corrected chi connectivity index (χ3v) is 3.76. The number of halogens is 2. The Balaban J connectivity index is 1.93. The van der Waals surface area contributed by atoms with E-state index in [9.17, 15) is 9.59 Å². The fraction of sp³-hybridized carbons (Fsp3) is 0.133. The van der Waals surface area contributed by atoms with E-state index in [-0.39, 0.29) is 21.7 Å². The number of carbonyl (C=O) groups is 2. The van der Waals surface area contributed by atoms with Gasteiger partial charge in [-0.05, 0) is 24.6 Å². The van der Waals surface area contributed by atoms with E-state index >= 15 is 0 Å². The first kappa shape index (κ1) is 14.0. The molecule has 0 saturated carbocycles. The standard InChI is InChI=1S/C15H9Cl2NO3/c16-10-5-7-13(17)18-14(10)15(20)21-12-3-1-2-8-9(12)4-6-11(8)19/h1-3,5,7H,4,6H2. The van der Waals surface area contributed by atoms with E-state index in [0.29, 0.717) is 24.2 Å². The highest BCUT2D eigenvalue weighted by atomic mass is 35.5. The van der Waals surface area contributed by atoms with Gasteiger partial charge in [0.25, 0.3) is 0 Å². The Bertz CT molecular complexity index is 759. The molecule has 0 radical (unpaired) electrons. The van der Waals surface area contributed by atoms with E-state index in [1.807, 2.05) is 0 Å². The first-order valence-corrected chi connectivity index (χ1v) is 7.01. The van der Waals surface area contributed by atoms with Crippen molar-refractivity contribution in [2.75, 3.05) is 0 Å². The van der Waals surface area contributed by atoms with Gasteiger partial charge >= 0.3 is 5.97 Å². The van der Waals surface area contributed by atoms with Gasteiger partial charge in [0.1, 0.15) is 10.9 Å². The van der Waals surface area contributed by atoms with Crippen LogP contribution in [-0.2, 0) is 6.42 Å². The molecule has 1 aliphatic rings. The van der Waals surface area contributed by atoms with Crippen LogP contribution in [0.1, 0.15) is 32.8 Å².